The van der Waals surface area contributed by atoms with Gasteiger partial charge in [0.15, 0.2) is 0 Å². The summed E-state index contributed by atoms with van der Waals surface area (Å²) >= 11 is 0. The number of aromatic nitrogens is 2. The molecular weight excluding hydrogens is 332 g/mol. The van der Waals surface area contributed by atoms with Crippen LogP contribution < -0.4 is 10.6 Å². The molecule has 2 aliphatic heterocycles. The molecule has 0 bridgehead atoms. The molecule has 2 N–H and O–H groups in total. The summed E-state index contributed by atoms with van der Waals surface area (Å²) in [5, 5.41) is 6.86. The SMILES string of the molecule is CC(C)(C)c1ccnc(N[C@H]2CO[C@H]3[C@@H]2OC[C@@H]3NCc2ccco2)n1. The molecule has 2 fully saturated rings. The largest absolute Gasteiger partial charge is 0.468 e. The Balaban J connectivity index is 1.37. The molecule has 0 aromatic carbocycles. The van der Waals surface area contributed by atoms with Gasteiger partial charge in [-0.3, -0.25) is 0 Å². The minimum absolute atomic E-state index is 0.00834. The lowest BCUT2D eigenvalue weighted by Gasteiger charge is -2.21. The fourth-order valence-corrected chi connectivity index (χ4v) is 3.45. The summed E-state index contributed by atoms with van der Waals surface area (Å²) in [6.45, 7) is 8.30. The van der Waals surface area contributed by atoms with E-state index in [2.05, 4.69) is 41.4 Å². The van der Waals surface area contributed by atoms with Crippen molar-refractivity contribution in [3.8, 4) is 0 Å². The second-order valence-electron chi connectivity index (χ2n) is 7.93. The van der Waals surface area contributed by atoms with Gasteiger partial charge in [0.25, 0.3) is 0 Å². The third kappa shape index (κ3) is 3.60. The third-order valence-corrected chi connectivity index (χ3v) is 4.91. The highest BCUT2D eigenvalue weighted by atomic mass is 16.6. The van der Waals surface area contributed by atoms with Gasteiger partial charge in [-0.05, 0) is 18.2 Å². The van der Waals surface area contributed by atoms with Gasteiger partial charge in [0.05, 0.1) is 43.8 Å². The lowest BCUT2D eigenvalue weighted by Crippen LogP contribution is -2.41. The van der Waals surface area contributed by atoms with E-state index in [0.717, 1.165) is 11.5 Å². The van der Waals surface area contributed by atoms with Gasteiger partial charge in [-0.1, -0.05) is 20.8 Å². The van der Waals surface area contributed by atoms with E-state index in [1.807, 2.05) is 18.2 Å². The molecule has 0 saturated carbocycles. The van der Waals surface area contributed by atoms with Crippen molar-refractivity contribution < 1.29 is 13.9 Å². The van der Waals surface area contributed by atoms with Crippen molar-refractivity contribution in [1.29, 1.82) is 0 Å². The van der Waals surface area contributed by atoms with Gasteiger partial charge in [0, 0.05) is 11.6 Å². The summed E-state index contributed by atoms with van der Waals surface area (Å²) in [7, 11) is 0. The van der Waals surface area contributed by atoms with Crippen molar-refractivity contribution in [3.05, 3.63) is 42.1 Å². The van der Waals surface area contributed by atoms with Crippen LogP contribution in [0.2, 0.25) is 0 Å². The Labute approximate surface area is 153 Å². The molecule has 4 atom stereocenters. The van der Waals surface area contributed by atoms with Crippen LogP contribution in [0.3, 0.4) is 0 Å². The second-order valence-corrected chi connectivity index (χ2v) is 7.93. The van der Waals surface area contributed by atoms with Crippen molar-refractivity contribution >= 4 is 5.95 Å². The third-order valence-electron chi connectivity index (χ3n) is 4.91. The van der Waals surface area contributed by atoms with Crippen LogP contribution in [0, 0.1) is 0 Å². The fraction of sp³-hybridized carbons (Fsp3) is 0.579. The Hall–Kier alpha value is -1.96. The molecule has 4 heterocycles. The quantitative estimate of drug-likeness (QED) is 0.847. The van der Waals surface area contributed by atoms with Gasteiger partial charge in [-0.25, -0.2) is 9.97 Å². The predicted molar refractivity (Wildman–Crippen MR) is 97.0 cm³/mol. The van der Waals surface area contributed by atoms with E-state index in [1.165, 1.54) is 0 Å². The summed E-state index contributed by atoms with van der Waals surface area (Å²) in [6.07, 6.45) is 3.49. The van der Waals surface area contributed by atoms with Gasteiger partial charge < -0.3 is 24.5 Å². The molecular formula is C19H26N4O3. The predicted octanol–water partition coefficient (Wildman–Crippen LogP) is 2.10. The van der Waals surface area contributed by atoms with Crippen LogP contribution in [-0.4, -0.2) is 47.5 Å². The minimum Gasteiger partial charge on any atom is -0.468 e. The highest BCUT2D eigenvalue weighted by Gasteiger charge is 2.47. The number of hydrogen-bond donors (Lipinski definition) is 2. The Bertz CT molecular complexity index is 729. The molecule has 0 unspecified atom stereocenters. The van der Waals surface area contributed by atoms with Crippen LogP contribution in [0.25, 0.3) is 0 Å². The van der Waals surface area contributed by atoms with Gasteiger partial charge in [-0.2, -0.15) is 0 Å². The van der Waals surface area contributed by atoms with Crippen molar-refractivity contribution in [3.63, 3.8) is 0 Å². The Morgan fingerprint density at radius 2 is 1.88 bits per heavy atom. The average Bonchev–Trinajstić information content (AvgIpc) is 3.32. The molecule has 140 valence electrons. The number of furan rings is 1. The maximum absolute atomic E-state index is 6.01. The van der Waals surface area contributed by atoms with E-state index in [9.17, 15) is 0 Å². The lowest BCUT2D eigenvalue weighted by molar-refractivity contribution is 0.0673. The summed E-state index contributed by atoms with van der Waals surface area (Å²) in [4.78, 5) is 9.01. The molecule has 0 spiro atoms. The first kappa shape index (κ1) is 17.5. The smallest absolute Gasteiger partial charge is 0.223 e. The van der Waals surface area contributed by atoms with Gasteiger partial charge >= 0.3 is 0 Å². The lowest BCUT2D eigenvalue weighted by atomic mass is 9.92. The maximum atomic E-state index is 6.01. The molecule has 26 heavy (non-hydrogen) atoms. The summed E-state index contributed by atoms with van der Waals surface area (Å²) in [5.41, 5.74) is 0.995. The average molecular weight is 358 g/mol. The molecule has 2 saturated heterocycles. The number of hydrogen-bond acceptors (Lipinski definition) is 7. The summed E-state index contributed by atoms with van der Waals surface area (Å²) in [6, 6.07) is 6.01. The van der Waals surface area contributed by atoms with Gasteiger partial charge in [0.1, 0.15) is 18.0 Å². The zero-order valence-electron chi connectivity index (χ0n) is 15.4. The van der Waals surface area contributed by atoms with E-state index in [4.69, 9.17) is 13.9 Å². The molecule has 4 rings (SSSR count). The molecule has 0 aliphatic carbocycles. The van der Waals surface area contributed by atoms with Crippen molar-refractivity contribution in [2.45, 2.75) is 57.0 Å². The molecule has 0 radical (unpaired) electrons. The Kier molecular flexibility index (Phi) is 4.69. The first-order valence-corrected chi connectivity index (χ1v) is 9.10. The fourth-order valence-electron chi connectivity index (χ4n) is 3.45. The first-order chi connectivity index (χ1) is 12.5. The zero-order chi connectivity index (χ0) is 18.1. The van der Waals surface area contributed by atoms with Crippen LogP contribution in [0.15, 0.2) is 35.1 Å². The molecule has 2 aromatic heterocycles. The van der Waals surface area contributed by atoms with E-state index < -0.39 is 0 Å². The molecule has 2 aromatic rings. The van der Waals surface area contributed by atoms with Crippen molar-refractivity contribution in [1.82, 2.24) is 15.3 Å². The standard InChI is InChI=1S/C19H26N4O3/c1-19(2,3)15-6-7-20-18(23-15)22-14-11-26-16-13(10-25-17(14)16)21-9-12-5-4-8-24-12/h4-8,13-14,16-17,21H,9-11H2,1-3H3,(H,20,22,23)/t13-,14-,16+,17+/m0/s1. The van der Waals surface area contributed by atoms with Gasteiger partial charge in [-0.15, -0.1) is 0 Å². The highest BCUT2D eigenvalue weighted by molar-refractivity contribution is 5.30. The summed E-state index contributed by atoms with van der Waals surface area (Å²) in [5.74, 6) is 1.54. The minimum atomic E-state index is -0.0151. The Morgan fingerprint density at radius 1 is 1.12 bits per heavy atom. The van der Waals surface area contributed by atoms with Crippen molar-refractivity contribution in [2.75, 3.05) is 18.5 Å². The maximum Gasteiger partial charge on any atom is 0.223 e. The van der Waals surface area contributed by atoms with E-state index >= 15 is 0 Å². The number of nitrogens with one attached hydrogen (secondary N) is 2. The number of ether oxygens (including phenoxy) is 2. The van der Waals surface area contributed by atoms with Crippen LogP contribution >= 0.6 is 0 Å². The van der Waals surface area contributed by atoms with Crippen LogP contribution in [0.5, 0.6) is 0 Å². The topological polar surface area (TPSA) is 81.4 Å². The summed E-state index contributed by atoms with van der Waals surface area (Å²) < 4.78 is 17.4. The number of rotatable bonds is 5. The van der Waals surface area contributed by atoms with Gasteiger partial charge in [0.2, 0.25) is 5.95 Å². The monoisotopic (exact) mass is 358 g/mol. The van der Waals surface area contributed by atoms with Crippen LogP contribution in [-0.2, 0) is 21.4 Å². The van der Waals surface area contributed by atoms with E-state index in [0.29, 0.717) is 25.7 Å². The number of fused-ring (bicyclic) bond motifs is 1. The van der Waals surface area contributed by atoms with Crippen LogP contribution in [0.4, 0.5) is 5.95 Å². The number of nitrogens with zero attached hydrogens (tertiary/aromatic N) is 2. The molecule has 2 aliphatic rings. The Morgan fingerprint density at radius 3 is 2.62 bits per heavy atom. The second kappa shape index (κ2) is 6.98. The molecule has 7 nitrogen and oxygen atoms in total. The van der Waals surface area contributed by atoms with E-state index in [-0.39, 0.29) is 29.7 Å². The highest BCUT2D eigenvalue weighted by Crippen LogP contribution is 2.29. The molecule has 7 heteroatoms. The van der Waals surface area contributed by atoms with Crippen molar-refractivity contribution in [2.24, 2.45) is 0 Å². The zero-order valence-corrected chi connectivity index (χ0v) is 15.4. The van der Waals surface area contributed by atoms with E-state index in [1.54, 1.807) is 12.5 Å². The normalized spacial score (nSPS) is 28.3. The first-order valence-electron chi connectivity index (χ1n) is 9.10. The number of anilines is 1. The molecule has 0 amide bonds. The van der Waals surface area contributed by atoms with Crippen LogP contribution in [0.1, 0.15) is 32.2 Å².